The van der Waals surface area contributed by atoms with Crippen LogP contribution >= 0.6 is 11.6 Å². The van der Waals surface area contributed by atoms with E-state index in [-0.39, 0.29) is 5.54 Å². The summed E-state index contributed by atoms with van der Waals surface area (Å²) in [7, 11) is 0. The predicted octanol–water partition coefficient (Wildman–Crippen LogP) is 7.11. The number of halogens is 1. The lowest BCUT2D eigenvalue weighted by atomic mass is 9.86. The first-order valence-electron chi connectivity index (χ1n) is 9.39. The molecule has 2 aliphatic rings. The van der Waals surface area contributed by atoms with Crippen molar-refractivity contribution in [2.24, 2.45) is 0 Å². The molecule has 2 heterocycles. The minimum atomic E-state index is -0.0821. The van der Waals surface area contributed by atoms with Gasteiger partial charge >= 0.3 is 0 Å². The van der Waals surface area contributed by atoms with Crippen molar-refractivity contribution in [3.05, 3.63) is 88.5 Å². The third kappa shape index (κ3) is 2.90. The largest absolute Gasteiger partial charge is 0.456 e. The van der Waals surface area contributed by atoms with Crippen molar-refractivity contribution in [3.8, 4) is 16.9 Å². The topological polar surface area (TPSA) is 21.3 Å². The molecule has 3 aromatic carbocycles. The second-order valence-corrected chi connectivity index (χ2v) is 8.23. The van der Waals surface area contributed by atoms with Crippen LogP contribution in [0.1, 0.15) is 30.5 Å². The Morgan fingerprint density at radius 3 is 2.61 bits per heavy atom. The number of hydrogen-bond acceptors (Lipinski definition) is 2. The molecule has 0 fully saturated rings. The summed E-state index contributed by atoms with van der Waals surface area (Å²) < 4.78 is 6.38. The number of anilines is 1. The Balaban J connectivity index is 1.78. The molecule has 28 heavy (non-hydrogen) atoms. The predicted molar refractivity (Wildman–Crippen MR) is 119 cm³/mol. The van der Waals surface area contributed by atoms with Crippen LogP contribution < -0.4 is 10.1 Å². The van der Waals surface area contributed by atoms with Gasteiger partial charge in [-0.05, 0) is 55.3 Å². The molecule has 2 nitrogen and oxygen atoms in total. The number of rotatable bonds is 1. The van der Waals surface area contributed by atoms with E-state index in [4.69, 9.17) is 16.3 Å². The highest BCUT2D eigenvalue weighted by Crippen LogP contribution is 2.48. The number of hydrogen-bond donors (Lipinski definition) is 1. The first kappa shape index (κ1) is 17.2. The van der Waals surface area contributed by atoms with E-state index < -0.39 is 0 Å². The molecule has 0 atom stereocenters. The van der Waals surface area contributed by atoms with Gasteiger partial charge in [-0.25, -0.2) is 0 Å². The lowest BCUT2D eigenvalue weighted by molar-refractivity contribution is 0.515. The molecule has 0 saturated carbocycles. The Morgan fingerprint density at radius 2 is 1.79 bits per heavy atom. The standard InChI is InChI=1S/C25H20ClNO/c1-25(2)13-12-19-21(27-25)10-9-18-20-15-17(26)8-11-22(20)28-23(24(18)19)14-16-6-4-3-5-7-16/h3-15,27H,1-2H3. The van der Waals surface area contributed by atoms with E-state index in [0.29, 0.717) is 5.02 Å². The van der Waals surface area contributed by atoms with Crippen LogP contribution in [0.25, 0.3) is 29.0 Å². The van der Waals surface area contributed by atoms with E-state index in [1.54, 1.807) is 0 Å². The van der Waals surface area contributed by atoms with Gasteiger partial charge in [0.2, 0.25) is 0 Å². The third-order valence-electron chi connectivity index (χ3n) is 5.16. The average Bonchev–Trinajstić information content (AvgIpc) is 2.68. The van der Waals surface area contributed by atoms with Gasteiger partial charge in [0, 0.05) is 27.4 Å². The summed E-state index contributed by atoms with van der Waals surface area (Å²) in [6.45, 7) is 4.33. The zero-order valence-corrected chi connectivity index (χ0v) is 16.5. The maximum absolute atomic E-state index is 6.38. The molecule has 5 rings (SSSR count). The van der Waals surface area contributed by atoms with Crippen molar-refractivity contribution in [1.82, 2.24) is 0 Å². The second-order valence-electron chi connectivity index (χ2n) is 7.79. The molecule has 2 aliphatic heterocycles. The fraction of sp³-hybridized carbons (Fsp3) is 0.120. The molecule has 3 aromatic rings. The first-order chi connectivity index (χ1) is 13.5. The quantitative estimate of drug-likeness (QED) is 0.481. The van der Waals surface area contributed by atoms with Gasteiger partial charge in [-0.2, -0.15) is 0 Å². The highest BCUT2D eigenvalue weighted by atomic mass is 35.5. The van der Waals surface area contributed by atoms with Crippen molar-refractivity contribution in [2.75, 3.05) is 5.32 Å². The monoisotopic (exact) mass is 385 g/mol. The van der Waals surface area contributed by atoms with Gasteiger partial charge in [0.15, 0.2) is 0 Å². The summed E-state index contributed by atoms with van der Waals surface area (Å²) in [6.07, 6.45) is 6.50. The molecular weight excluding hydrogens is 366 g/mol. The van der Waals surface area contributed by atoms with Crippen LogP contribution in [-0.4, -0.2) is 5.54 Å². The molecule has 138 valence electrons. The van der Waals surface area contributed by atoms with Gasteiger partial charge in [0.1, 0.15) is 11.5 Å². The summed E-state index contributed by atoms with van der Waals surface area (Å²) in [6, 6.07) is 20.4. The van der Waals surface area contributed by atoms with Crippen molar-refractivity contribution in [1.29, 1.82) is 0 Å². The fourth-order valence-corrected chi connectivity index (χ4v) is 4.02. The summed E-state index contributed by atoms with van der Waals surface area (Å²) in [4.78, 5) is 0. The molecule has 0 spiro atoms. The zero-order valence-electron chi connectivity index (χ0n) is 15.8. The molecular formula is C25H20ClNO. The van der Waals surface area contributed by atoms with Crippen LogP contribution in [-0.2, 0) is 0 Å². The van der Waals surface area contributed by atoms with E-state index in [1.165, 1.54) is 0 Å². The normalized spacial score (nSPS) is 17.2. The minimum absolute atomic E-state index is 0.0821. The van der Waals surface area contributed by atoms with Crippen molar-refractivity contribution in [3.63, 3.8) is 0 Å². The Kier molecular flexibility index (Phi) is 3.85. The van der Waals surface area contributed by atoms with Gasteiger partial charge < -0.3 is 10.1 Å². The van der Waals surface area contributed by atoms with Crippen LogP contribution in [0.4, 0.5) is 5.69 Å². The van der Waals surface area contributed by atoms with E-state index in [0.717, 1.165) is 45.0 Å². The number of fused-ring (bicyclic) bond motifs is 5. The highest BCUT2D eigenvalue weighted by molar-refractivity contribution is 6.31. The van der Waals surface area contributed by atoms with Crippen LogP contribution in [0.2, 0.25) is 5.02 Å². The van der Waals surface area contributed by atoms with Crippen LogP contribution in [0.15, 0.2) is 66.7 Å². The van der Waals surface area contributed by atoms with Gasteiger partial charge in [-0.15, -0.1) is 0 Å². The summed E-state index contributed by atoms with van der Waals surface area (Å²) in [5.41, 5.74) is 6.52. The van der Waals surface area contributed by atoms with Gasteiger partial charge in [0.05, 0.1) is 5.54 Å². The number of nitrogens with one attached hydrogen (secondary N) is 1. The Bertz CT molecular complexity index is 1140. The molecule has 0 radical (unpaired) electrons. The van der Waals surface area contributed by atoms with Crippen molar-refractivity contribution < 1.29 is 4.74 Å². The lowest BCUT2D eigenvalue weighted by Gasteiger charge is -2.33. The van der Waals surface area contributed by atoms with Gasteiger partial charge in [0.25, 0.3) is 0 Å². The second kappa shape index (κ2) is 6.29. The Labute approximate surface area is 170 Å². The highest BCUT2D eigenvalue weighted by Gasteiger charge is 2.29. The number of ether oxygens (including phenoxy) is 1. The molecule has 3 heteroatoms. The van der Waals surface area contributed by atoms with E-state index >= 15 is 0 Å². The van der Waals surface area contributed by atoms with Gasteiger partial charge in [-0.1, -0.05) is 60.2 Å². The van der Waals surface area contributed by atoms with Crippen LogP contribution in [0.5, 0.6) is 5.75 Å². The third-order valence-corrected chi connectivity index (χ3v) is 5.40. The number of benzene rings is 3. The molecule has 0 saturated heterocycles. The fourth-order valence-electron chi connectivity index (χ4n) is 3.85. The van der Waals surface area contributed by atoms with Crippen molar-refractivity contribution in [2.45, 2.75) is 19.4 Å². The van der Waals surface area contributed by atoms with Gasteiger partial charge in [-0.3, -0.25) is 0 Å². The SMILES string of the molecule is CC1(C)C=Cc2c(ccc3c2C(=Cc2ccccc2)Oc2ccc(Cl)cc2-3)N1. The van der Waals surface area contributed by atoms with Crippen LogP contribution in [0, 0.1) is 0 Å². The summed E-state index contributed by atoms with van der Waals surface area (Å²) in [5.74, 6) is 1.67. The Hall–Kier alpha value is -2.97. The molecule has 0 aromatic heterocycles. The molecule has 0 unspecified atom stereocenters. The smallest absolute Gasteiger partial charge is 0.136 e. The van der Waals surface area contributed by atoms with E-state index in [9.17, 15) is 0 Å². The van der Waals surface area contributed by atoms with E-state index in [1.807, 2.05) is 36.4 Å². The summed E-state index contributed by atoms with van der Waals surface area (Å²) >= 11 is 6.29. The Morgan fingerprint density at radius 1 is 0.964 bits per heavy atom. The minimum Gasteiger partial charge on any atom is -0.456 e. The molecule has 0 bridgehead atoms. The first-order valence-corrected chi connectivity index (χ1v) is 9.77. The maximum Gasteiger partial charge on any atom is 0.136 e. The van der Waals surface area contributed by atoms with Crippen molar-refractivity contribution >= 4 is 35.2 Å². The lowest BCUT2D eigenvalue weighted by Crippen LogP contribution is -2.30. The van der Waals surface area contributed by atoms with E-state index in [2.05, 4.69) is 61.7 Å². The summed E-state index contributed by atoms with van der Waals surface area (Å²) in [5, 5.41) is 4.32. The molecule has 0 aliphatic carbocycles. The maximum atomic E-state index is 6.38. The zero-order chi connectivity index (χ0) is 19.3. The van der Waals surface area contributed by atoms with Crippen LogP contribution in [0.3, 0.4) is 0 Å². The molecule has 0 amide bonds. The molecule has 1 N–H and O–H groups in total. The average molecular weight is 386 g/mol.